The summed E-state index contributed by atoms with van der Waals surface area (Å²) in [6.45, 7) is 1.73. The van der Waals surface area contributed by atoms with E-state index >= 15 is 0 Å². The van der Waals surface area contributed by atoms with Crippen LogP contribution in [0.25, 0.3) is 0 Å². The summed E-state index contributed by atoms with van der Waals surface area (Å²) >= 11 is 3.32. The quantitative estimate of drug-likeness (QED) is 0.455. The third kappa shape index (κ3) is 5.42. The highest BCUT2D eigenvalue weighted by molar-refractivity contribution is 9.10. The zero-order chi connectivity index (χ0) is 18.2. The van der Waals surface area contributed by atoms with Crippen LogP contribution < -0.4 is 10.2 Å². The van der Waals surface area contributed by atoms with Crippen LogP contribution in [0.15, 0.2) is 52.0 Å². The number of rotatable bonds is 6. The van der Waals surface area contributed by atoms with Crippen molar-refractivity contribution in [2.24, 2.45) is 5.10 Å². The number of hydrogen-bond donors (Lipinski definition) is 1. The van der Waals surface area contributed by atoms with Crippen LogP contribution in [0.1, 0.15) is 21.5 Å². The van der Waals surface area contributed by atoms with E-state index in [4.69, 9.17) is 9.47 Å². The molecular weight excluding hydrogens is 388 g/mol. The zero-order valence-corrected chi connectivity index (χ0v) is 15.4. The number of nitrogens with zero attached hydrogens (tertiary/aromatic N) is 1. The van der Waals surface area contributed by atoms with Crippen molar-refractivity contribution >= 4 is 34.0 Å². The number of halogens is 1. The van der Waals surface area contributed by atoms with Gasteiger partial charge in [0.25, 0.3) is 5.91 Å². The normalized spacial score (nSPS) is 10.5. The van der Waals surface area contributed by atoms with Gasteiger partial charge < -0.3 is 9.47 Å². The lowest BCUT2D eigenvalue weighted by Gasteiger charge is -2.07. The Kier molecular flexibility index (Phi) is 6.71. The summed E-state index contributed by atoms with van der Waals surface area (Å²) < 4.78 is 10.9. The molecule has 7 heteroatoms. The fourth-order valence-corrected chi connectivity index (χ4v) is 2.38. The third-order valence-electron chi connectivity index (χ3n) is 3.26. The SMILES string of the molecule is COC(=O)c1ccc(Br)cc1/C=N/NC(=O)COc1ccccc1C. The first kappa shape index (κ1) is 18.7. The number of carbonyl (C=O) groups is 2. The van der Waals surface area contributed by atoms with Crippen molar-refractivity contribution in [3.05, 3.63) is 63.6 Å². The highest BCUT2D eigenvalue weighted by Gasteiger charge is 2.11. The Labute approximate surface area is 154 Å². The van der Waals surface area contributed by atoms with Crippen molar-refractivity contribution in [2.75, 3.05) is 13.7 Å². The van der Waals surface area contributed by atoms with Gasteiger partial charge in [-0.1, -0.05) is 34.1 Å². The molecule has 1 amide bonds. The molecule has 0 aromatic heterocycles. The van der Waals surface area contributed by atoms with E-state index in [9.17, 15) is 9.59 Å². The van der Waals surface area contributed by atoms with Crippen molar-refractivity contribution in [2.45, 2.75) is 6.92 Å². The molecule has 130 valence electrons. The summed E-state index contributed by atoms with van der Waals surface area (Å²) in [6.07, 6.45) is 1.38. The molecule has 0 spiro atoms. The molecule has 0 saturated carbocycles. The third-order valence-corrected chi connectivity index (χ3v) is 3.76. The van der Waals surface area contributed by atoms with Gasteiger partial charge in [-0.15, -0.1) is 0 Å². The molecule has 0 aliphatic carbocycles. The van der Waals surface area contributed by atoms with Crippen LogP contribution in [0.5, 0.6) is 5.75 Å². The maximum Gasteiger partial charge on any atom is 0.338 e. The van der Waals surface area contributed by atoms with Crippen molar-refractivity contribution in [3.8, 4) is 5.75 Å². The molecule has 0 bridgehead atoms. The first-order chi connectivity index (χ1) is 12.0. The van der Waals surface area contributed by atoms with Gasteiger partial charge in [0.2, 0.25) is 0 Å². The highest BCUT2D eigenvalue weighted by Crippen LogP contribution is 2.17. The van der Waals surface area contributed by atoms with Crippen molar-refractivity contribution < 1.29 is 19.1 Å². The summed E-state index contributed by atoms with van der Waals surface area (Å²) in [5.41, 5.74) is 4.17. The second-order valence-electron chi connectivity index (χ2n) is 5.07. The lowest BCUT2D eigenvalue weighted by atomic mass is 10.1. The number of ether oxygens (including phenoxy) is 2. The van der Waals surface area contributed by atoms with Crippen LogP contribution in [-0.4, -0.2) is 31.8 Å². The number of amides is 1. The predicted molar refractivity (Wildman–Crippen MR) is 97.9 cm³/mol. The molecule has 25 heavy (non-hydrogen) atoms. The van der Waals surface area contributed by atoms with E-state index in [1.54, 1.807) is 24.3 Å². The summed E-state index contributed by atoms with van der Waals surface area (Å²) in [5.74, 6) is -0.251. The minimum atomic E-state index is -0.483. The number of carbonyl (C=O) groups excluding carboxylic acids is 2. The number of para-hydroxylation sites is 1. The molecule has 0 heterocycles. The summed E-state index contributed by atoms with van der Waals surface area (Å²) in [7, 11) is 1.30. The minimum Gasteiger partial charge on any atom is -0.483 e. The number of esters is 1. The molecule has 0 radical (unpaired) electrons. The topological polar surface area (TPSA) is 77.0 Å². The number of hydrazone groups is 1. The number of aryl methyl sites for hydroxylation is 1. The van der Waals surface area contributed by atoms with Crippen LogP contribution in [-0.2, 0) is 9.53 Å². The van der Waals surface area contributed by atoms with E-state index in [1.807, 2.05) is 25.1 Å². The fourth-order valence-electron chi connectivity index (χ4n) is 2.00. The summed E-state index contributed by atoms with van der Waals surface area (Å²) in [5, 5.41) is 3.86. The first-order valence-electron chi connectivity index (χ1n) is 7.39. The Hall–Kier alpha value is -2.67. The molecule has 0 unspecified atom stereocenters. The largest absolute Gasteiger partial charge is 0.483 e. The fraction of sp³-hybridized carbons (Fsp3) is 0.167. The number of methoxy groups -OCH3 is 1. The Bertz CT molecular complexity index is 805. The van der Waals surface area contributed by atoms with Crippen LogP contribution in [0.4, 0.5) is 0 Å². The van der Waals surface area contributed by atoms with Crippen LogP contribution in [0.3, 0.4) is 0 Å². The second kappa shape index (κ2) is 8.98. The van der Waals surface area contributed by atoms with E-state index in [1.165, 1.54) is 13.3 Å². The van der Waals surface area contributed by atoms with Crippen molar-refractivity contribution in [1.82, 2.24) is 5.43 Å². The summed E-state index contributed by atoms with van der Waals surface area (Å²) in [4.78, 5) is 23.5. The molecule has 6 nitrogen and oxygen atoms in total. The zero-order valence-electron chi connectivity index (χ0n) is 13.8. The smallest absolute Gasteiger partial charge is 0.338 e. The Morgan fingerprint density at radius 2 is 2.00 bits per heavy atom. The molecule has 0 aliphatic heterocycles. The lowest BCUT2D eigenvalue weighted by molar-refractivity contribution is -0.123. The monoisotopic (exact) mass is 404 g/mol. The van der Waals surface area contributed by atoms with Gasteiger partial charge in [0.1, 0.15) is 5.75 Å². The van der Waals surface area contributed by atoms with E-state index < -0.39 is 11.9 Å². The van der Waals surface area contributed by atoms with Gasteiger partial charge in [-0.2, -0.15) is 5.10 Å². The lowest BCUT2D eigenvalue weighted by Crippen LogP contribution is -2.24. The second-order valence-corrected chi connectivity index (χ2v) is 5.99. The van der Waals surface area contributed by atoms with Gasteiger partial charge in [0.15, 0.2) is 6.61 Å². The van der Waals surface area contributed by atoms with Gasteiger partial charge in [-0.05, 0) is 36.8 Å². The maximum absolute atomic E-state index is 11.8. The number of benzene rings is 2. The minimum absolute atomic E-state index is 0.162. The summed E-state index contributed by atoms with van der Waals surface area (Å²) in [6, 6.07) is 12.4. The Balaban J connectivity index is 1.96. The van der Waals surface area contributed by atoms with E-state index in [-0.39, 0.29) is 6.61 Å². The van der Waals surface area contributed by atoms with Gasteiger partial charge in [-0.25, -0.2) is 10.2 Å². The van der Waals surface area contributed by atoms with Gasteiger partial charge in [-0.3, -0.25) is 4.79 Å². The number of hydrogen-bond acceptors (Lipinski definition) is 5. The molecular formula is C18H17BrN2O4. The number of nitrogens with one attached hydrogen (secondary N) is 1. The Morgan fingerprint density at radius 1 is 1.24 bits per heavy atom. The maximum atomic E-state index is 11.8. The first-order valence-corrected chi connectivity index (χ1v) is 8.18. The van der Waals surface area contributed by atoms with Crippen LogP contribution in [0, 0.1) is 6.92 Å². The van der Waals surface area contributed by atoms with E-state index in [0.29, 0.717) is 16.9 Å². The average molecular weight is 405 g/mol. The highest BCUT2D eigenvalue weighted by atomic mass is 79.9. The molecule has 2 aromatic rings. The van der Waals surface area contributed by atoms with Gasteiger partial charge in [0, 0.05) is 10.0 Å². The van der Waals surface area contributed by atoms with Gasteiger partial charge >= 0.3 is 5.97 Å². The molecule has 2 rings (SSSR count). The molecule has 1 N–H and O–H groups in total. The molecule has 0 atom stereocenters. The Morgan fingerprint density at radius 3 is 2.72 bits per heavy atom. The molecule has 0 aliphatic rings. The van der Waals surface area contributed by atoms with E-state index in [2.05, 4.69) is 26.5 Å². The van der Waals surface area contributed by atoms with Crippen molar-refractivity contribution in [3.63, 3.8) is 0 Å². The molecule has 2 aromatic carbocycles. The van der Waals surface area contributed by atoms with Crippen LogP contribution in [0.2, 0.25) is 0 Å². The van der Waals surface area contributed by atoms with Gasteiger partial charge in [0.05, 0.1) is 18.9 Å². The van der Waals surface area contributed by atoms with Crippen LogP contribution >= 0.6 is 15.9 Å². The molecule has 0 fully saturated rings. The average Bonchev–Trinajstić information content (AvgIpc) is 2.60. The van der Waals surface area contributed by atoms with Crippen molar-refractivity contribution in [1.29, 1.82) is 0 Å². The predicted octanol–water partition coefficient (Wildman–Crippen LogP) is 3.07. The van der Waals surface area contributed by atoms with E-state index in [0.717, 1.165) is 10.0 Å². The molecule has 0 saturated heterocycles. The standard InChI is InChI=1S/C18H17BrN2O4/c1-12-5-3-4-6-16(12)25-11-17(22)21-20-10-13-9-14(19)7-8-15(13)18(23)24-2/h3-10H,11H2,1-2H3,(H,21,22)/b20-10+.